The summed E-state index contributed by atoms with van der Waals surface area (Å²) in [5.41, 5.74) is 11.7. The van der Waals surface area contributed by atoms with E-state index < -0.39 is 0 Å². The topological polar surface area (TPSA) is 26.0 Å². The van der Waals surface area contributed by atoms with Crippen molar-refractivity contribution in [3.63, 3.8) is 0 Å². The first-order valence-electron chi connectivity index (χ1n) is 5.62. The fourth-order valence-electron chi connectivity index (χ4n) is 2.16. The molecule has 0 aromatic heterocycles. The van der Waals surface area contributed by atoms with Crippen LogP contribution in [-0.4, -0.2) is 0 Å². The van der Waals surface area contributed by atoms with Gasteiger partial charge in [0.1, 0.15) is 5.82 Å². The number of hydrogen-bond acceptors (Lipinski definition) is 1. The Hall–Kier alpha value is -1.83. The number of aryl methyl sites for hydroxylation is 3. The number of nitrogen functional groups attached to an aromatic ring is 1. The lowest BCUT2D eigenvalue weighted by Crippen LogP contribution is -1.94. The van der Waals surface area contributed by atoms with E-state index in [2.05, 4.69) is 0 Å². The maximum Gasteiger partial charge on any atom is 0.123 e. The largest absolute Gasteiger partial charge is 0.398 e. The third kappa shape index (κ3) is 2.16. The first-order valence-corrected chi connectivity index (χ1v) is 5.62. The Morgan fingerprint density at radius 2 is 1.47 bits per heavy atom. The summed E-state index contributed by atoms with van der Waals surface area (Å²) in [7, 11) is 0. The van der Waals surface area contributed by atoms with Crippen molar-refractivity contribution in [1.82, 2.24) is 0 Å². The van der Waals surface area contributed by atoms with Crippen molar-refractivity contribution in [1.29, 1.82) is 0 Å². The average molecular weight is 229 g/mol. The molecule has 0 aliphatic rings. The first kappa shape index (κ1) is 11.6. The number of rotatable bonds is 1. The van der Waals surface area contributed by atoms with Crippen LogP contribution in [0.2, 0.25) is 0 Å². The quantitative estimate of drug-likeness (QED) is 0.735. The molecule has 0 unspecified atom stereocenters. The molecule has 0 spiro atoms. The third-order valence-corrected chi connectivity index (χ3v) is 3.07. The summed E-state index contributed by atoms with van der Waals surface area (Å²) in [5.74, 6) is -0.191. The van der Waals surface area contributed by atoms with Gasteiger partial charge in [-0.15, -0.1) is 0 Å². The Labute approximate surface area is 101 Å². The van der Waals surface area contributed by atoms with Gasteiger partial charge in [0.05, 0.1) is 0 Å². The summed E-state index contributed by atoms with van der Waals surface area (Å²) in [6.07, 6.45) is 0. The molecule has 88 valence electrons. The Kier molecular flexibility index (Phi) is 2.88. The van der Waals surface area contributed by atoms with Crippen LogP contribution in [-0.2, 0) is 0 Å². The van der Waals surface area contributed by atoms with Gasteiger partial charge in [-0.3, -0.25) is 0 Å². The molecule has 0 atom stereocenters. The molecule has 2 aromatic carbocycles. The van der Waals surface area contributed by atoms with Gasteiger partial charge < -0.3 is 5.73 Å². The molecule has 2 N–H and O–H groups in total. The van der Waals surface area contributed by atoms with Crippen molar-refractivity contribution in [2.45, 2.75) is 20.8 Å². The van der Waals surface area contributed by atoms with Gasteiger partial charge in [-0.2, -0.15) is 0 Å². The van der Waals surface area contributed by atoms with E-state index >= 15 is 0 Å². The minimum Gasteiger partial charge on any atom is -0.398 e. The van der Waals surface area contributed by atoms with E-state index in [0.717, 1.165) is 33.5 Å². The summed E-state index contributed by atoms with van der Waals surface area (Å²) in [6, 6.07) is 9.07. The Morgan fingerprint density at radius 1 is 0.882 bits per heavy atom. The van der Waals surface area contributed by atoms with Gasteiger partial charge in [0.2, 0.25) is 0 Å². The highest BCUT2D eigenvalue weighted by Gasteiger charge is 2.08. The van der Waals surface area contributed by atoms with E-state index in [1.54, 1.807) is 12.1 Å². The molecule has 0 bridgehead atoms. The number of anilines is 1. The predicted molar refractivity (Wildman–Crippen MR) is 70.5 cm³/mol. The summed E-state index contributed by atoms with van der Waals surface area (Å²) in [5, 5.41) is 0. The smallest absolute Gasteiger partial charge is 0.123 e. The van der Waals surface area contributed by atoms with Gasteiger partial charge >= 0.3 is 0 Å². The van der Waals surface area contributed by atoms with Crippen LogP contribution in [0.3, 0.4) is 0 Å². The fraction of sp³-hybridized carbons (Fsp3) is 0.200. The number of halogens is 1. The lowest BCUT2D eigenvalue weighted by Gasteiger charge is -2.12. The lowest BCUT2D eigenvalue weighted by molar-refractivity contribution is 0.625. The highest BCUT2D eigenvalue weighted by atomic mass is 19.1. The van der Waals surface area contributed by atoms with E-state index in [0.29, 0.717) is 0 Å². The Bertz CT molecular complexity index is 550. The predicted octanol–water partition coefficient (Wildman–Crippen LogP) is 4.00. The summed E-state index contributed by atoms with van der Waals surface area (Å²) in [4.78, 5) is 0. The zero-order valence-electron chi connectivity index (χ0n) is 10.3. The van der Waals surface area contributed by atoms with Gasteiger partial charge in [-0.05, 0) is 66.8 Å². The van der Waals surface area contributed by atoms with Gasteiger partial charge in [0, 0.05) is 5.69 Å². The molecule has 0 heterocycles. The monoisotopic (exact) mass is 229 g/mol. The second kappa shape index (κ2) is 4.21. The molecule has 2 aromatic rings. The normalized spacial score (nSPS) is 10.6. The minimum absolute atomic E-state index is 0.191. The molecule has 2 heteroatoms. The van der Waals surface area contributed by atoms with Crippen LogP contribution in [0, 0.1) is 26.6 Å². The molecule has 1 nitrogen and oxygen atoms in total. The van der Waals surface area contributed by atoms with Gasteiger partial charge in [0.15, 0.2) is 0 Å². The third-order valence-electron chi connectivity index (χ3n) is 3.07. The van der Waals surface area contributed by atoms with Crippen LogP contribution in [0.4, 0.5) is 10.1 Å². The first-order chi connectivity index (χ1) is 7.99. The van der Waals surface area contributed by atoms with E-state index in [1.807, 2.05) is 39.0 Å². The van der Waals surface area contributed by atoms with Crippen molar-refractivity contribution in [3.05, 3.63) is 52.8 Å². The minimum atomic E-state index is -0.191. The Balaban J connectivity index is 2.64. The standard InChI is InChI=1S/C15H16FN/c1-9-4-5-12(8-14(9)17)15-10(2)6-13(16)7-11(15)3/h4-8H,17H2,1-3H3. The molecule has 0 aliphatic heterocycles. The molecule has 0 radical (unpaired) electrons. The molecule has 0 saturated carbocycles. The second-order valence-corrected chi connectivity index (χ2v) is 4.49. The molecule has 17 heavy (non-hydrogen) atoms. The van der Waals surface area contributed by atoms with E-state index in [9.17, 15) is 4.39 Å². The fourth-order valence-corrected chi connectivity index (χ4v) is 2.16. The molecule has 0 amide bonds. The van der Waals surface area contributed by atoms with E-state index in [4.69, 9.17) is 5.73 Å². The number of hydrogen-bond donors (Lipinski definition) is 1. The van der Waals surface area contributed by atoms with Crippen LogP contribution >= 0.6 is 0 Å². The second-order valence-electron chi connectivity index (χ2n) is 4.49. The summed E-state index contributed by atoms with van der Waals surface area (Å²) < 4.78 is 13.2. The van der Waals surface area contributed by atoms with E-state index in [-0.39, 0.29) is 5.82 Å². The van der Waals surface area contributed by atoms with Crippen molar-refractivity contribution in [3.8, 4) is 11.1 Å². The van der Waals surface area contributed by atoms with Crippen molar-refractivity contribution in [2.75, 3.05) is 5.73 Å². The zero-order chi connectivity index (χ0) is 12.6. The zero-order valence-corrected chi connectivity index (χ0v) is 10.3. The maximum absolute atomic E-state index is 13.2. The molecular formula is C15H16FN. The maximum atomic E-state index is 13.2. The van der Waals surface area contributed by atoms with Crippen LogP contribution in [0.1, 0.15) is 16.7 Å². The molecule has 0 fully saturated rings. The van der Waals surface area contributed by atoms with Gasteiger partial charge in [-0.25, -0.2) is 4.39 Å². The van der Waals surface area contributed by atoms with Gasteiger partial charge in [-0.1, -0.05) is 12.1 Å². The van der Waals surface area contributed by atoms with Crippen molar-refractivity contribution < 1.29 is 4.39 Å². The van der Waals surface area contributed by atoms with Crippen LogP contribution < -0.4 is 5.73 Å². The van der Waals surface area contributed by atoms with Crippen molar-refractivity contribution >= 4 is 5.69 Å². The molecule has 0 aliphatic carbocycles. The van der Waals surface area contributed by atoms with Crippen molar-refractivity contribution in [2.24, 2.45) is 0 Å². The number of nitrogens with two attached hydrogens (primary N) is 1. The van der Waals surface area contributed by atoms with E-state index in [1.165, 1.54) is 0 Å². The lowest BCUT2D eigenvalue weighted by atomic mass is 9.94. The highest BCUT2D eigenvalue weighted by Crippen LogP contribution is 2.30. The Morgan fingerprint density at radius 3 is 2.00 bits per heavy atom. The molecule has 0 saturated heterocycles. The highest BCUT2D eigenvalue weighted by molar-refractivity contribution is 5.74. The summed E-state index contributed by atoms with van der Waals surface area (Å²) >= 11 is 0. The average Bonchev–Trinajstić information content (AvgIpc) is 2.21. The van der Waals surface area contributed by atoms with Crippen LogP contribution in [0.15, 0.2) is 30.3 Å². The van der Waals surface area contributed by atoms with Crippen LogP contribution in [0.25, 0.3) is 11.1 Å². The molecular weight excluding hydrogens is 213 g/mol. The van der Waals surface area contributed by atoms with Crippen LogP contribution in [0.5, 0.6) is 0 Å². The summed E-state index contributed by atoms with van der Waals surface area (Å²) in [6.45, 7) is 5.81. The molecule has 2 rings (SSSR count). The SMILES string of the molecule is Cc1ccc(-c2c(C)cc(F)cc2C)cc1N. The number of benzene rings is 2. The van der Waals surface area contributed by atoms with Gasteiger partial charge in [0.25, 0.3) is 0 Å².